The number of sulfone groups is 2. The summed E-state index contributed by atoms with van der Waals surface area (Å²) < 4.78 is 61.4. The van der Waals surface area contributed by atoms with E-state index in [1.54, 1.807) is 0 Å². The minimum Gasteiger partial charge on any atom is -0.348 e. The fourth-order valence-electron chi connectivity index (χ4n) is 2.90. The van der Waals surface area contributed by atoms with Gasteiger partial charge in [-0.1, -0.05) is 18.2 Å². The Labute approximate surface area is 157 Å². The van der Waals surface area contributed by atoms with Crippen LogP contribution < -0.4 is 5.32 Å². The molecule has 2 aromatic carbocycles. The molecule has 1 saturated heterocycles. The summed E-state index contributed by atoms with van der Waals surface area (Å²) in [4.78, 5) is 12.2. The van der Waals surface area contributed by atoms with Crippen molar-refractivity contribution in [2.75, 3.05) is 11.5 Å². The number of carbonyl (C=O) groups is 1. The van der Waals surface area contributed by atoms with Crippen molar-refractivity contribution in [2.45, 2.75) is 23.1 Å². The van der Waals surface area contributed by atoms with E-state index in [0.717, 1.165) is 0 Å². The maximum atomic E-state index is 12.9. The second kappa shape index (κ2) is 7.40. The topological polar surface area (TPSA) is 97.4 Å². The van der Waals surface area contributed by atoms with Crippen LogP contribution in [0.15, 0.2) is 53.4 Å². The van der Waals surface area contributed by atoms with Crippen molar-refractivity contribution >= 4 is 25.6 Å². The predicted molar refractivity (Wildman–Crippen MR) is 98.3 cm³/mol. The van der Waals surface area contributed by atoms with Gasteiger partial charge in [-0.05, 0) is 42.3 Å². The maximum Gasteiger partial charge on any atom is 0.251 e. The summed E-state index contributed by atoms with van der Waals surface area (Å²) in [6.07, 6.45) is 0.0612. The zero-order chi connectivity index (χ0) is 19.7. The van der Waals surface area contributed by atoms with Crippen LogP contribution in [0, 0.1) is 5.82 Å². The Hall–Kier alpha value is -2.26. The largest absolute Gasteiger partial charge is 0.348 e. The van der Waals surface area contributed by atoms with Gasteiger partial charge in [-0.15, -0.1) is 0 Å². The van der Waals surface area contributed by atoms with Crippen LogP contribution >= 0.6 is 0 Å². The van der Waals surface area contributed by atoms with Gasteiger partial charge in [-0.3, -0.25) is 4.79 Å². The zero-order valence-electron chi connectivity index (χ0n) is 14.3. The van der Waals surface area contributed by atoms with Crippen LogP contribution in [0.2, 0.25) is 0 Å². The normalized spacial score (nSPS) is 18.9. The van der Waals surface area contributed by atoms with Gasteiger partial charge in [0.2, 0.25) is 0 Å². The molecule has 6 nitrogen and oxygen atoms in total. The van der Waals surface area contributed by atoms with Crippen LogP contribution in [0.3, 0.4) is 0 Å². The number of nitrogens with one attached hydrogen (secondary N) is 1. The lowest BCUT2D eigenvalue weighted by atomic mass is 10.2. The monoisotopic (exact) mass is 411 g/mol. The van der Waals surface area contributed by atoms with Gasteiger partial charge >= 0.3 is 0 Å². The molecule has 0 unspecified atom stereocenters. The molecule has 1 N–H and O–H groups in total. The summed E-state index contributed by atoms with van der Waals surface area (Å²) in [6.45, 7) is 0.164. The average molecular weight is 411 g/mol. The molecule has 27 heavy (non-hydrogen) atoms. The molecule has 0 radical (unpaired) electrons. The Balaban J connectivity index is 1.74. The highest BCUT2D eigenvalue weighted by Crippen LogP contribution is 2.25. The molecule has 0 aliphatic carbocycles. The summed E-state index contributed by atoms with van der Waals surface area (Å²) in [5.41, 5.74) is 0.851. The van der Waals surface area contributed by atoms with E-state index in [4.69, 9.17) is 0 Å². The Morgan fingerprint density at radius 2 is 1.85 bits per heavy atom. The minimum atomic E-state index is -3.84. The molecule has 0 aromatic heterocycles. The Kier molecular flexibility index (Phi) is 5.34. The maximum absolute atomic E-state index is 12.9. The lowest BCUT2D eigenvalue weighted by Crippen LogP contribution is -2.25. The molecule has 2 aromatic rings. The van der Waals surface area contributed by atoms with E-state index in [9.17, 15) is 26.0 Å². The number of benzene rings is 2. The Bertz CT molecular complexity index is 1060. The zero-order valence-corrected chi connectivity index (χ0v) is 15.9. The van der Waals surface area contributed by atoms with Crippen molar-refractivity contribution < 1.29 is 26.0 Å². The number of hydrogen-bond donors (Lipinski definition) is 1. The fraction of sp³-hybridized carbons (Fsp3) is 0.278. The van der Waals surface area contributed by atoms with Gasteiger partial charge in [-0.25, -0.2) is 21.2 Å². The Morgan fingerprint density at radius 1 is 1.15 bits per heavy atom. The highest BCUT2D eigenvalue weighted by atomic mass is 32.2. The highest BCUT2D eigenvalue weighted by molar-refractivity contribution is 7.96. The van der Waals surface area contributed by atoms with Crippen LogP contribution in [0.1, 0.15) is 22.3 Å². The van der Waals surface area contributed by atoms with Gasteiger partial charge < -0.3 is 5.32 Å². The van der Waals surface area contributed by atoms with Crippen molar-refractivity contribution in [3.05, 3.63) is 65.5 Å². The first-order valence-electron chi connectivity index (χ1n) is 8.24. The quantitative estimate of drug-likeness (QED) is 0.808. The smallest absolute Gasteiger partial charge is 0.251 e. The predicted octanol–water partition coefficient (Wildman–Crippen LogP) is 1.72. The number of halogens is 1. The van der Waals surface area contributed by atoms with E-state index in [0.29, 0.717) is 5.56 Å². The summed E-state index contributed by atoms with van der Waals surface area (Å²) in [5, 5.41) is 1.66. The standard InChI is InChI=1S/C18H18FNO5S2/c19-15-6-4-13(5-7-15)11-20-18(21)14-2-1-3-16(10-14)27(24,25)17-8-9-26(22,23)12-17/h1-7,10,17H,8-9,11-12H2,(H,20,21)/t17-/m1/s1. The molecule has 1 fully saturated rings. The molecule has 1 aliphatic rings. The van der Waals surface area contributed by atoms with Crippen molar-refractivity contribution in [3.8, 4) is 0 Å². The average Bonchev–Trinajstić information content (AvgIpc) is 3.02. The molecule has 1 heterocycles. The summed E-state index contributed by atoms with van der Waals surface area (Å²) >= 11 is 0. The van der Waals surface area contributed by atoms with Crippen molar-refractivity contribution in [1.82, 2.24) is 5.32 Å². The third-order valence-corrected chi connectivity index (χ3v) is 8.59. The number of amides is 1. The molecule has 0 saturated carbocycles. The van der Waals surface area contributed by atoms with Crippen LogP contribution in [-0.2, 0) is 26.2 Å². The van der Waals surface area contributed by atoms with Gasteiger partial charge in [0.1, 0.15) is 5.82 Å². The number of carbonyl (C=O) groups excluding carboxylic acids is 1. The van der Waals surface area contributed by atoms with Gasteiger partial charge in [0, 0.05) is 12.1 Å². The fourth-order valence-corrected chi connectivity index (χ4v) is 7.30. The van der Waals surface area contributed by atoms with Crippen molar-refractivity contribution in [1.29, 1.82) is 0 Å². The van der Waals surface area contributed by atoms with Crippen LogP contribution in [0.5, 0.6) is 0 Å². The third kappa shape index (κ3) is 4.54. The first-order chi connectivity index (χ1) is 12.7. The van der Waals surface area contributed by atoms with E-state index in [1.165, 1.54) is 48.5 Å². The van der Waals surface area contributed by atoms with E-state index >= 15 is 0 Å². The molecule has 0 spiro atoms. The second-order valence-corrected chi connectivity index (χ2v) is 10.9. The molecule has 3 rings (SSSR count). The molecular formula is C18H18FNO5S2. The molecule has 1 amide bonds. The SMILES string of the molecule is O=C(NCc1ccc(F)cc1)c1cccc(S(=O)(=O)[C@@H]2CCS(=O)(=O)C2)c1. The molecular weight excluding hydrogens is 393 g/mol. The van der Waals surface area contributed by atoms with E-state index in [-0.39, 0.29) is 35.0 Å². The minimum absolute atomic E-state index is 0.0612. The van der Waals surface area contributed by atoms with Gasteiger partial charge in [0.05, 0.1) is 21.7 Å². The molecule has 0 bridgehead atoms. The van der Waals surface area contributed by atoms with Crippen molar-refractivity contribution in [3.63, 3.8) is 0 Å². The highest BCUT2D eigenvalue weighted by Gasteiger charge is 2.38. The first-order valence-corrected chi connectivity index (χ1v) is 11.6. The van der Waals surface area contributed by atoms with Crippen LogP contribution in [0.4, 0.5) is 4.39 Å². The van der Waals surface area contributed by atoms with Crippen LogP contribution in [0.25, 0.3) is 0 Å². The molecule has 144 valence electrons. The molecule has 1 atom stereocenters. The lowest BCUT2D eigenvalue weighted by molar-refractivity contribution is 0.0950. The van der Waals surface area contributed by atoms with E-state index < -0.39 is 36.6 Å². The third-order valence-electron chi connectivity index (χ3n) is 4.42. The summed E-state index contributed by atoms with van der Waals surface area (Å²) in [5.74, 6) is -1.39. The van der Waals surface area contributed by atoms with Crippen LogP contribution in [-0.4, -0.2) is 39.5 Å². The molecule has 1 aliphatic heterocycles. The first kappa shape index (κ1) is 19.5. The molecule has 9 heteroatoms. The van der Waals surface area contributed by atoms with Gasteiger partial charge in [0.25, 0.3) is 5.91 Å². The lowest BCUT2D eigenvalue weighted by Gasteiger charge is -2.11. The second-order valence-electron chi connectivity index (χ2n) is 6.41. The number of rotatable bonds is 5. The summed E-state index contributed by atoms with van der Waals surface area (Å²) in [7, 11) is -7.18. The van der Waals surface area contributed by atoms with E-state index in [2.05, 4.69) is 5.32 Å². The Morgan fingerprint density at radius 3 is 2.48 bits per heavy atom. The van der Waals surface area contributed by atoms with E-state index in [1.807, 2.05) is 0 Å². The summed E-state index contributed by atoms with van der Waals surface area (Å²) in [6, 6.07) is 11.2. The number of hydrogen-bond acceptors (Lipinski definition) is 5. The van der Waals surface area contributed by atoms with Crippen molar-refractivity contribution in [2.24, 2.45) is 0 Å². The van der Waals surface area contributed by atoms with Gasteiger partial charge in [0.15, 0.2) is 19.7 Å². The van der Waals surface area contributed by atoms with Gasteiger partial charge in [-0.2, -0.15) is 0 Å².